The van der Waals surface area contributed by atoms with Crippen molar-refractivity contribution in [2.75, 3.05) is 36.0 Å². The lowest BCUT2D eigenvalue weighted by atomic mass is 10.1. The summed E-state index contributed by atoms with van der Waals surface area (Å²) in [5, 5.41) is 0. The quantitative estimate of drug-likeness (QED) is 0.792. The van der Waals surface area contributed by atoms with Gasteiger partial charge in [-0.3, -0.25) is 9.69 Å². The Morgan fingerprint density at radius 3 is 2.57 bits per heavy atom. The smallest absolute Gasteiger partial charge is 0.414 e. The van der Waals surface area contributed by atoms with Crippen LogP contribution in [-0.4, -0.2) is 49.9 Å². The predicted molar refractivity (Wildman–Crippen MR) is 102 cm³/mol. The van der Waals surface area contributed by atoms with Gasteiger partial charge in [0.15, 0.2) is 0 Å². The first-order valence-corrected chi connectivity index (χ1v) is 9.63. The molecule has 3 aliphatic rings. The van der Waals surface area contributed by atoms with Crippen LogP contribution in [-0.2, 0) is 14.3 Å². The van der Waals surface area contributed by atoms with Crippen molar-refractivity contribution < 1.29 is 23.5 Å². The molecule has 7 nitrogen and oxygen atoms in total. The highest BCUT2D eigenvalue weighted by Gasteiger charge is 2.61. The Hall–Kier alpha value is -2.35. The second-order valence-corrected chi connectivity index (χ2v) is 8.76. The SMILES string of the molecule is CC(C)(C)OC(=O)C1[C@H]2CN(c3ccc(N4C(=O)OC[C@@H]4CN)cc3F)C[C@@H]12. The second-order valence-electron chi connectivity index (χ2n) is 8.76. The Bertz CT molecular complexity index is 797. The number of carbonyl (C=O) groups is 2. The van der Waals surface area contributed by atoms with Crippen LogP contribution < -0.4 is 15.5 Å². The van der Waals surface area contributed by atoms with Crippen molar-refractivity contribution in [3.63, 3.8) is 0 Å². The van der Waals surface area contributed by atoms with Crippen LogP contribution in [0.25, 0.3) is 0 Å². The summed E-state index contributed by atoms with van der Waals surface area (Å²) in [6.45, 7) is 7.29. The number of benzene rings is 1. The molecule has 1 unspecified atom stereocenters. The number of nitrogens with two attached hydrogens (primary N) is 1. The highest BCUT2D eigenvalue weighted by atomic mass is 19.1. The largest absolute Gasteiger partial charge is 0.460 e. The van der Waals surface area contributed by atoms with E-state index < -0.39 is 17.5 Å². The number of hydrogen-bond donors (Lipinski definition) is 1. The Labute approximate surface area is 163 Å². The Kier molecular flexibility index (Phi) is 4.49. The molecule has 2 aliphatic heterocycles. The summed E-state index contributed by atoms with van der Waals surface area (Å²) in [7, 11) is 0. The second kappa shape index (κ2) is 6.62. The first-order chi connectivity index (χ1) is 13.2. The number of halogens is 1. The topological polar surface area (TPSA) is 85.1 Å². The van der Waals surface area contributed by atoms with E-state index in [0.717, 1.165) is 0 Å². The van der Waals surface area contributed by atoms with Gasteiger partial charge in [-0.25, -0.2) is 9.18 Å². The van der Waals surface area contributed by atoms with E-state index >= 15 is 0 Å². The zero-order valence-electron chi connectivity index (χ0n) is 16.4. The molecular formula is C20H26FN3O4. The van der Waals surface area contributed by atoms with Crippen molar-refractivity contribution in [3.8, 4) is 0 Å². The van der Waals surface area contributed by atoms with Crippen LogP contribution >= 0.6 is 0 Å². The lowest BCUT2D eigenvalue weighted by molar-refractivity contribution is -0.157. The van der Waals surface area contributed by atoms with Crippen molar-refractivity contribution in [3.05, 3.63) is 24.0 Å². The minimum absolute atomic E-state index is 0.0810. The van der Waals surface area contributed by atoms with Gasteiger partial charge in [-0.15, -0.1) is 0 Å². The number of anilines is 2. The lowest BCUT2D eigenvalue weighted by Gasteiger charge is -2.25. The van der Waals surface area contributed by atoms with Gasteiger partial charge < -0.3 is 20.1 Å². The third kappa shape index (κ3) is 3.30. The van der Waals surface area contributed by atoms with Crippen LogP contribution in [0.2, 0.25) is 0 Å². The summed E-state index contributed by atoms with van der Waals surface area (Å²) in [6.07, 6.45) is -0.509. The fraction of sp³-hybridized carbons (Fsp3) is 0.600. The maximum Gasteiger partial charge on any atom is 0.414 e. The average molecular weight is 391 g/mol. The van der Waals surface area contributed by atoms with Crippen molar-refractivity contribution in [2.24, 2.45) is 23.5 Å². The molecule has 0 bridgehead atoms. The molecular weight excluding hydrogens is 365 g/mol. The molecule has 0 radical (unpaired) electrons. The van der Waals surface area contributed by atoms with Gasteiger partial charge in [0.25, 0.3) is 0 Å². The number of fused-ring (bicyclic) bond motifs is 1. The van der Waals surface area contributed by atoms with E-state index in [0.29, 0.717) is 24.5 Å². The van der Waals surface area contributed by atoms with Gasteiger partial charge in [0.1, 0.15) is 18.0 Å². The normalized spacial score (nSPS) is 29.0. The Morgan fingerprint density at radius 1 is 1.32 bits per heavy atom. The van der Waals surface area contributed by atoms with E-state index in [1.165, 1.54) is 11.0 Å². The molecule has 4 atom stereocenters. The third-order valence-electron chi connectivity index (χ3n) is 5.66. The van der Waals surface area contributed by atoms with E-state index in [-0.39, 0.29) is 42.9 Å². The molecule has 2 saturated heterocycles. The number of esters is 1. The maximum atomic E-state index is 14.8. The van der Waals surface area contributed by atoms with Crippen molar-refractivity contribution >= 4 is 23.4 Å². The number of carbonyl (C=O) groups excluding carboxylic acids is 2. The van der Waals surface area contributed by atoms with Gasteiger partial charge in [-0.05, 0) is 50.8 Å². The highest BCUT2D eigenvalue weighted by molar-refractivity contribution is 5.90. The molecule has 1 aromatic carbocycles. The number of hydrogen-bond acceptors (Lipinski definition) is 6. The summed E-state index contributed by atoms with van der Waals surface area (Å²) in [4.78, 5) is 27.5. The summed E-state index contributed by atoms with van der Waals surface area (Å²) < 4.78 is 25.3. The van der Waals surface area contributed by atoms with Crippen LogP contribution in [0.4, 0.5) is 20.6 Å². The first kappa shape index (κ1) is 19.0. The molecule has 0 aromatic heterocycles. The molecule has 0 spiro atoms. The van der Waals surface area contributed by atoms with Gasteiger partial charge in [0, 0.05) is 19.6 Å². The van der Waals surface area contributed by atoms with Gasteiger partial charge >= 0.3 is 12.1 Å². The molecule has 152 valence electrons. The molecule has 4 rings (SSSR count). The average Bonchev–Trinajstić information content (AvgIpc) is 2.94. The van der Waals surface area contributed by atoms with Crippen molar-refractivity contribution in [1.82, 2.24) is 0 Å². The number of cyclic esters (lactones) is 1. The van der Waals surface area contributed by atoms with Crippen molar-refractivity contribution in [1.29, 1.82) is 0 Å². The molecule has 1 aliphatic carbocycles. The monoisotopic (exact) mass is 391 g/mol. The van der Waals surface area contributed by atoms with Gasteiger partial charge in [0.2, 0.25) is 0 Å². The standard InChI is InChI=1S/C20H26FN3O4/c1-20(2,3)28-18(25)17-13-8-23(9-14(13)17)16-5-4-11(6-15(16)21)24-12(7-22)10-27-19(24)26/h4-6,12-14,17H,7-10,22H2,1-3H3/t12-,13-,14+,17?/m0/s1. The molecule has 8 heteroatoms. The number of amides is 1. The fourth-order valence-corrected chi connectivity index (χ4v) is 4.29. The van der Waals surface area contributed by atoms with Crippen LogP contribution in [0.3, 0.4) is 0 Å². The van der Waals surface area contributed by atoms with E-state index in [9.17, 15) is 14.0 Å². The van der Waals surface area contributed by atoms with E-state index in [4.69, 9.17) is 15.2 Å². The summed E-state index contributed by atoms with van der Waals surface area (Å²) in [5.74, 6) is -0.211. The zero-order valence-corrected chi connectivity index (χ0v) is 16.4. The van der Waals surface area contributed by atoms with E-state index in [1.807, 2.05) is 25.7 Å². The first-order valence-electron chi connectivity index (χ1n) is 9.63. The van der Waals surface area contributed by atoms with E-state index in [2.05, 4.69) is 0 Å². The highest BCUT2D eigenvalue weighted by Crippen LogP contribution is 2.53. The Morgan fingerprint density at radius 2 is 2.00 bits per heavy atom. The third-order valence-corrected chi connectivity index (χ3v) is 5.66. The minimum Gasteiger partial charge on any atom is -0.460 e. The van der Waals surface area contributed by atoms with Gasteiger partial charge in [-0.2, -0.15) is 0 Å². The van der Waals surface area contributed by atoms with Crippen LogP contribution in [0, 0.1) is 23.6 Å². The molecule has 1 saturated carbocycles. The summed E-state index contributed by atoms with van der Waals surface area (Å²) in [6, 6.07) is 4.45. The summed E-state index contributed by atoms with van der Waals surface area (Å²) >= 11 is 0. The summed E-state index contributed by atoms with van der Waals surface area (Å²) in [5.41, 5.74) is 6.10. The molecule has 2 heterocycles. The minimum atomic E-state index is -0.509. The molecule has 1 aromatic rings. The lowest BCUT2D eigenvalue weighted by Crippen LogP contribution is -2.39. The van der Waals surface area contributed by atoms with Crippen LogP contribution in [0.15, 0.2) is 18.2 Å². The van der Waals surface area contributed by atoms with Crippen molar-refractivity contribution in [2.45, 2.75) is 32.4 Å². The van der Waals surface area contributed by atoms with Gasteiger partial charge in [0.05, 0.1) is 23.3 Å². The maximum absolute atomic E-state index is 14.8. The van der Waals surface area contributed by atoms with Crippen LogP contribution in [0.1, 0.15) is 20.8 Å². The predicted octanol–water partition coefficient (Wildman–Crippen LogP) is 2.13. The molecule has 1 amide bonds. The molecule has 28 heavy (non-hydrogen) atoms. The van der Waals surface area contributed by atoms with Gasteiger partial charge in [-0.1, -0.05) is 0 Å². The zero-order chi connectivity index (χ0) is 20.2. The number of piperidine rings is 1. The molecule has 3 fully saturated rings. The number of ether oxygens (including phenoxy) is 2. The van der Waals surface area contributed by atoms with E-state index in [1.54, 1.807) is 12.1 Å². The van der Waals surface area contributed by atoms with Crippen LogP contribution in [0.5, 0.6) is 0 Å². The molecule has 2 N–H and O–H groups in total. The number of rotatable bonds is 4. The fourth-order valence-electron chi connectivity index (χ4n) is 4.29. The Balaban J connectivity index is 1.42. The number of nitrogens with zero attached hydrogens (tertiary/aromatic N) is 2.